The van der Waals surface area contributed by atoms with Gasteiger partial charge in [0.1, 0.15) is 42.7 Å². The summed E-state index contributed by atoms with van der Waals surface area (Å²) in [4.78, 5) is 23.2. The molecule has 0 spiro atoms. The zero-order chi connectivity index (χ0) is 44.1. The number of allylic oxidation sites excluding steroid dienone is 8. The van der Waals surface area contributed by atoms with Crippen molar-refractivity contribution in [3.8, 4) is 0 Å². The summed E-state index contributed by atoms with van der Waals surface area (Å²) in [6, 6.07) is 0. The van der Waals surface area contributed by atoms with Gasteiger partial charge in [-0.05, 0) is 77.0 Å². The fourth-order valence-electron chi connectivity index (χ4n) is 6.89. The lowest BCUT2D eigenvalue weighted by Gasteiger charge is -2.41. The average Bonchev–Trinajstić information content (AvgIpc) is 3.23. The first-order valence-electron chi connectivity index (χ1n) is 23.5. The molecule has 0 aromatic carbocycles. The number of aliphatic hydroxyl groups is 5. The summed E-state index contributed by atoms with van der Waals surface area (Å²) in [5.74, 6) is -0.496. The number of carbonyl (C=O) groups is 1. The molecule has 0 radical (unpaired) electrons. The Labute approximate surface area is 363 Å². The number of esters is 1. The highest BCUT2D eigenvalue weighted by Crippen LogP contribution is 2.47. The van der Waals surface area contributed by atoms with Gasteiger partial charge in [0, 0.05) is 13.0 Å². The zero-order valence-electron chi connectivity index (χ0n) is 37.2. The van der Waals surface area contributed by atoms with Crippen LogP contribution in [0.5, 0.6) is 0 Å². The van der Waals surface area contributed by atoms with Gasteiger partial charge in [-0.15, -0.1) is 0 Å². The Bertz CT molecular complexity index is 1180. The molecule has 1 rings (SSSR count). The molecule has 6 unspecified atom stereocenters. The van der Waals surface area contributed by atoms with Crippen molar-refractivity contribution in [1.82, 2.24) is 0 Å². The van der Waals surface area contributed by atoms with Crippen LogP contribution in [-0.2, 0) is 27.9 Å². The lowest BCUT2D eigenvalue weighted by molar-refractivity contribution is -0.220. The maximum Gasteiger partial charge on any atom is 0.472 e. The van der Waals surface area contributed by atoms with Gasteiger partial charge in [0.05, 0.1) is 13.2 Å². The topological polar surface area (TPSA) is 192 Å². The molecule has 12 nitrogen and oxygen atoms in total. The second-order valence-electron chi connectivity index (χ2n) is 16.2. The van der Waals surface area contributed by atoms with Crippen molar-refractivity contribution in [3.63, 3.8) is 0 Å². The molecule has 350 valence electrons. The van der Waals surface area contributed by atoms with E-state index in [0.717, 1.165) is 89.9 Å². The first kappa shape index (κ1) is 56.3. The Morgan fingerprint density at radius 1 is 0.533 bits per heavy atom. The number of unbranched alkanes of at least 4 members (excludes halogenated alkanes) is 19. The molecule has 6 N–H and O–H groups in total. The van der Waals surface area contributed by atoms with Gasteiger partial charge in [-0.25, -0.2) is 4.57 Å². The van der Waals surface area contributed by atoms with Crippen LogP contribution in [0.2, 0.25) is 0 Å². The number of ether oxygens (including phenoxy) is 2. The summed E-state index contributed by atoms with van der Waals surface area (Å²) in [5.41, 5.74) is 0. The van der Waals surface area contributed by atoms with Crippen molar-refractivity contribution in [2.45, 2.75) is 224 Å². The molecule has 0 heterocycles. The number of hydrogen-bond acceptors (Lipinski definition) is 11. The molecule has 1 fully saturated rings. The number of phosphoric acid groups is 1. The van der Waals surface area contributed by atoms with Crippen LogP contribution in [-0.4, -0.2) is 98.9 Å². The van der Waals surface area contributed by atoms with Crippen molar-refractivity contribution in [3.05, 3.63) is 48.6 Å². The Hall–Kier alpha value is -1.70. The number of phosphoric ester groups is 1. The van der Waals surface area contributed by atoms with E-state index in [1.807, 2.05) is 0 Å². The molecule has 13 heteroatoms. The van der Waals surface area contributed by atoms with E-state index < -0.39 is 63.1 Å². The maximum absolute atomic E-state index is 12.8. The minimum Gasteiger partial charge on any atom is -0.457 e. The molecule has 0 aromatic rings. The van der Waals surface area contributed by atoms with E-state index in [0.29, 0.717) is 13.0 Å². The SMILES string of the molecule is CCCCCC/C=C\C/C=C\CCCCCCCCOCC(COP(=O)(O)OC1C(O)C(O)C(O)C(O)C1O)OC(=O)CCCCCCC/C=C\C/C=C\CCCCCC. The zero-order valence-corrected chi connectivity index (χ0v) is 38.1. The van der Waals surface area contributed by atoms with Crippen molar-refractivity contribution in [2.24, 2.45) is 0 Å². The normalized spacial score (nSPS) is 22.7. The second-order valence-corrected chi connectivity index (χ2v) is 17.7. The van der Waals surface area contributed by atoms with Crippen LogP contribution >= 0.6 is 7.82 Å². The highest BCUT2D eigenvalue weighted by Gasteiger charge is 2.51. The number of carbonyl (C=O) groups excluding carboxylic acids is 1. The van der Waals surface area contributed by atoms with Crippen molar-refractivity contribution in [1.29, 1.82) is 0 Å². The molecule has 0 aliphatic heterocycles. The van der Waals surface area contributed by atoms with Crippen LogP contribution in [0.3, 0.4) is 0 Å². The molecule has 6 atom stereocenters. The first-order chi connectivity index (χ1) is 29.0. The molecule has 0 saturated heterocycles. The van der Waals surface area contributed by atoms with Gasteiger partial charge in [-0.3, -0.25) is 13.8 Å². The van der Waals surface area contributed by atoms with Gasteiger partial charge < -0.3 is 39.9 Å². The van der Waals surface area contributed by atoms with Crippen LogP contribution in [0.1, 0.15) is 181 Å². The van der Waals surface area contributed by atoms with Gasteiger partial charge in [0.15, 0.2) is 0 Å². The van der Waals surface area contributed by atoms with Gasteiger partial charge in [-0.2, -0.15) is 0 Å². The van der Waals surface area contributed by atoms with Crippen LogP contribution in [0.15, 0.2) is 48.6 Å². The second kappa shape index (κ2) is 37.8. The van der Waals surface area contributed by atoms with Crippen LogP contribution in [0, 0.1) is 0 Å². The standard InChI is InChI=1S/C47H85O12P/c1-3-5-7-9-11-13-15-17-19-21-23-25-27-29-31-33-35-37-56-38-40(39-57-60(54,55)59-47-45(52)43(50)42(49)44(51)46(47)53)58-41(48)36-34-32-30-28-26-24-22-20-18-16-14-12-10-8-6-4-2/h13-16,19-22,40,42-47,49-53H,3-12,17-18,23-39H2,1-2H3,(H,54,55)/b15-13-,16-14-,21-19-,22-20-. The third-order valence-corrected chi connectivity index (χ3v) is 11.7. The van der Waals surface area contributed by atoms with E-state index in [2.05, 4.69) is 62.5 Å². The summed E-state index contributed by atoms with van der Waals surface area (Å²) in [6.07, 6.45) is 33.1. The van der Waals surface area contributed by atoms with Gasteiger partial charge in [0.2, 0.25) is 0 Å². The average molecular weight is 873 g/mol. The van der Waals surface area contributed by atoms with Gasteiger partial charge in [-0.1, -0.05) is 146 Å². The number of hydrogen-bond donors (Lipinski definition) is 6. The summed E-state index contributed by atoms with van der Waals surface area (Å²) in [5, 5.41) is 50.2. The summed E-state index contributed by atoms with van der Waals surface area (Å²) in [7, 11) is -5.03. The number of rotatable bonds is 39. The monoisotopic (exact) mass is 873 g/mol. The van der Waals surface area contributed by atoms with Crippen molar-refractivity contribution >= 4 is 13.8 Å². The molecule has 0 aromatic heterocycles. The highest BCUT2D eigenvalue weighted by molar-refractivity contribution is 7.47. The predicted octanol–water partition coefficient (Wildman–Crippen LogP) is 9.64. The Morgan fingerprint density at radius 2 is 0.933 bits per heavy atom. The van der Waals surface area contributed by atoms with E-state index >= 15 is 0 Å². The quantitative estimate of drug-likeness (QED) is 0.0149. The number of aliphatic hydroxyl groups excluding tert-OH is 5. The molecule has 0 amide bonds. The predicted molar refractivity (Wildman–Crippen MR) is 239 cm³/mol. The van der Waals surface area contributed by atoms with Gasteiger partial charge in [0.25, 0.3) is 0 Å². The minimum atomic E-state index is -5.03. The molecular weight excluding hydrogens is 787 g/mol. The molecule has 1 aliphatic carbocycles. The Kier molecular flexibility index (Phi) is 35.5. The van der Waals surface area contributed by atoms with E-state index in [1.165, 1.54) is 64.2 Å². The highest BCUT2D eigenvalue weighted by atomic mass is 31.2. The van der Waals surface area contributed by atoms with Crippen molar-refractivity contribution in [2.75, 3.05) is 19.8 Å². The Morgan fingerprint density at radius 3 is 1.40 bits per heavy atom. The van der Waals surface area contributed by atoms with E-state index in [9.17, 15) is 39.8 Å². The molecule has 60 heavy (non-hydrogen) atoms. The smallest absolute Gasteiger partial charge is 0.457 e. The van der Waals surface area contributed by atoms with Crippen LogP contribution in [0.25, 0.3) is 0 Å². The lowest BCUT2D eigenvalue weighted by atomic mass is 9.85. The summed E-state index contributed by atoms with van der Waals surface area (Å²) in [6.45, 7) is 4.18. The van der Waals surface area contributed by atoms with E-state index in [-0.39, 0.29) is 13.0 Å². The first-order valence-corrected chi connectivity index (χ1v) is 25.0. The Balaban J connectivity index is 2.42. The molecule has 1 saturated carbocycles. The van der Waals surface area contributed by atoms with E-state index in [4.69, 9.17) is 18.5 Å². The summed E-state index contributed by atoms with van der Waals surface area (Å²) >= 11 is 0. The van der Waals surface area contributed by atoms with Crippen LogP contribution in [0.4, 0.5) is 0 Å². The fraction of sp³-hybridized carbons (Fsp3) is 0.809. The fourth-order valence-corrected chi connectivity index (χ4v) is 7.86. The largest absolute Gasteiger partial charge is 0.472 e. The maximum atomic E-state index is 12.8. The molecule has 0 bridgehead atoms. The van der Waals surface area contributed by atoms with Gasteiger partial charge >= 0.3 is 13.8 Å². The van der Waals surface area contributed by atoms with Crippen LogP contribution < -0.4 is 0 Å². The third kappa shape index (κ3) is 29.6. The molecular formula is C47H85O12P. The van der Waals surface area contributed by atoms with Crippen molar-refractivity contribution < 1.29 is 58.3 Å². The summed E-state index contributed by atoms with van der Waals surface area (Å²) < 4.78 is 34.2. The lowest BCUT2D eigenvalue weighted by Crippen LogP contribution is -2.64. The third-order valence-electron chi connectivity index (χ3n) is 10.7. The molecule has 1 aliphatic rings. The van der Waals surface area contributed by atoms with E-state index in [1.54, 1.807) is 0 Å². The minimum absolute atomic E-state index is 0.0906.